The average Bonchev–Trinajstić information content (AvgIpc) is 2.81. The molecule has 7 nitrogen and oxygen atoms in total. The summed E-state index contributed by atoms with van der Waals surface area (Å²) in [7, 11) is -3.71. The molecule has 0 aliphatic carbocycles. The summed E-state index contributed by atoms with van der Waals surface area (Å²) in [4.78, 5) is 12.6. The van der Waals surface area contributed by atoms with Crippen LogP contribution in [0, 0.1) is 0 Å². The number of nitrogens with one attached hydrogen (secondary N) is 1. The van der Waals surface area contributed by atoms with Gasteiger partial charge in [-0.15, -0.1) is 0 Å². The van der Waals surface area contributed by atoms with Crippen molar-refractivity contribution in [1.82, 2.24) is 4.31 Å². The first-order chi connectivity index (χ1) is 15.4. The average molecular weight is 455 g/mol. The van der Waals surface area contributed by atoms with Crippen molar-refractivity contribution >= 4 is 21.6 Å². The molecule has 1 amide bonds. The lowest BCUT2D eigenvalue weighted by atomic mass is 10.2. The third-order valence-electron chi connectivity index (χ3n) is 4.65. The summed E-state index contributed by atoms with van der Waals surface area (Å²) >= 11 is 0. The van der Waals surface area contributed by atoms with Gasteiger partial charge in [-0.3, -0.25) is 4.79 Å². The van der Waals surface area contributed by atoms with E-state index >= 15 is 0 Å². The van der Waals surface area contributed by atoms with Gasteiger partial charge < -0.3 is 14.8 Å². The molecule has 0 unspecified atom stereocenters. The van der Waals surface area contributed by atoms with Crippen LogP contribution in [0.2, 0.25) is 0 Å². The Bertz CT molecular complexity index is 1130. The Kier molecular flexibility index (Phi) is 7.86. The number of amides is 1. The van der Waals surface area contributed by atoms with E-state index in [1.54, 1.807) is 50.2 Å². The van der Waals surface area contributed by atoms with E-state index in [4.69, 9.17) is 9.47 Å². The second kappa shape index (κ2) is 10.8. The largest absolute Gasteiger partial charge is 0.484 e. The normalized spacial score (nSPS) is 11.2. The minimum Gasteiger partial charge on any atom is -0.484 e. The maximum Gasteiger partial charge on any atom is 0.262 e. The number of nitrogens with zero attached hydrogens (tertiary/aromatic N) is 1. The van der Waals surface area contributed by atoms with Gasteiger partial charge in [0, 0.05) is 13.1 Å². The number of sulfonamides is 1. The zero-order chi connectivity index (χ0) is 23.0. The third kappa shape index (κ3) is 5.87. The molecule has 3 rings (SSSR count). The van der Waals surface area contributed by atoms with E-state index in [2.05, 4.69) is 5.32 Å². The van der Waals surface area contributed by atoms with Crippen LogP contribution in [0.25, 0.3) is 0 Å². The van der Waals surface area contributed by atoms with Crippen LogP contribution in [0.15, 0.2) is 83.8 Å². The maximum atomic E-state index is 13.0. The lowest BCUT2D eigenvalue weighted by molar-refractivity contribution is -0.118. The summed E-state index contributed by atoms with van der Waals surface area (Å²) in [5.74, 6) is 0.996. The van der Waals surface area contributed by atoms with E-state index < -0.39 is 15.9 Å². The molecule has 0 radical (unpaired) electrons. The molecule has 1 N–H and O–H groups in total. The van der Waals surface area contributed by atoms with Crippen LogP contribution < -0.4 is 14.8 Å². The van der Waals surface area contributed by atoms with Gasteiger partial charge in [0.05, 0.1) is 10.6 Å². The first-order valence-corrected chi connectivity index (χ1v) is 11.7. The number of benzene rings is 3. The van der Waals surface area contributed by atoms with Crippen molar-refractivity contribution in [3.63, 3.8) is 0 Å². The van der Waals surface area contributed by atoms with Crippen LogP contribution in [0.4, 0.5) is 5.69 Å². The monoisotopic (exact) mass is 454 g/mol. The third-order valence-corrected chi connectivity index (χ3v) is 6.70. The Labute approximate surface area is 188 Å². The van der Waals surface area contributed by atoms with E-state index in [1.165, 1.54) is 22.5 Å². The van der Waals surface area contributed by atoms with Gasteiger partial charge in [-0.2, -0.15) is 4.31 Å². The number of rotatable bonds is 10. The molecule has 8 heteroatoms. The van der Waals surface area contributed by atoms with Crippen molar-refractivity contribution in [2.24, 2.45) is 0 Å². The lowest BCUT2D eigenvalue weighted by Crippen LogP contribution is -2.30. The van der Waals surface area contributed by atoms with Crippen LogP contribution in [-0.4, -0.2) is 38.3 Å². The smallest absolute Gasteiger partial charge is 0.262 e. The van der Waals surface area contributed by atoms with E-state index in [9.17, 15) is 13.2 Å². The standard InChI is InChI=1S/C24H26N2O5S/c1-3-26(4-2)32(28,29)21-15-16-23(31-20-13-9-6-10-14-20)22(17-21)25-24(27)18-30-19-11-7-5-8-12-19/h5-17H,3-4,18H2,1-2H3,(H,25,27). The van der Waals surface area contributed by atoms with Gasteiger partial charge in [0.25, 0.3) is 5.91 Å². The van der Waals surface area contributed by atoms with Crippen LogP contribution in [0.3, 0.4) is 0 Å². The van der Waals surface area contributed by atoms with Crippen LogP contribution in [-0.2, 0) is 14.8 Å². The van der Waals surface area contributed by atoms with Crippen molar-refractivity contribution in [3.8, 4) is 17.2 Å². The van der Waals surface area contributed by atoms with E-state index in [1.807, 2.05) is 24.3 Å². The molecule has 0 atom stereocenters. The van der Waals surface area contributed by atoms with Crippen molar-refractivity contribution in [3.05, 3.63) is 78.9 Å². The summed E-state index contributed by atoms with van der Waals surface area (Å²) < 4.78 is 38.7. The van der Waals surface area contributed by atoms with Gasteiger partial charge in [-0.1, -0.05) is 50.2 Å². The van der Waals surface area contributed by atoms with Gasteiger partial charge in [-0.25, -0.2) is 8.42 Å². The molecule has 3 aromatic carbocycles. The highest BCUT2D eigenvalue weighted by molar-refractivity contribution is 7.89. The second-order valence-corrected chi connectivity index (χ2v) is 8.75. The Morgan fingerprint density at radius 1 is 0.875 bits per heavy atom. The first-order valence-electron chi connectivity index (χ1n) is 10.3. The highest BCUT2D eigenvalue weighted by Gasteiger charge is 2.23. The van der Waals surface area contributed by atoms with Gasteiger partial charge in [-0.05, 0) is 42.5 Å². The van der Waals surface area contributed by atoms with Gasteiger partial charge in [0.1, 0.15) is 11.5 Å². The van der Waals surface area contributed by atoms with E-state index in [0.29, 0.717) is 30.3 Å². The number of hydrogen-bond acceptors (Lipinski definition) is 5. The fourth-order valence-corrected chi connectivity index (χ4v) is 4.52. The topological polar surface area (TPSA) is 84.9 Å². The SMILES string of the molecule is CCN(CC)S(=O)(=O)c1ccc(Oc2ccccc2)c(NC(=O)COc2ccccc2)c1. The van der Waals surface area contributed by atoms with Gasteiger partial charge in [0.2, 0.25) is 10.0 Å². The molecular formula is C24H26N2O5S. The molecule has 32 heavy (non-hydrogen) atoms. The molecule has 0 aromatic heterocycles. The molecular weight excluding hydrogens is 428 g/mol. The molecule has 0 heterocycles. The number of para-hydroxylation sites is 2. The highest BCUT2D eigenvalue weighted by Crippen LogP contribution is 2.32. The van der Waals surface area contributed by atoms with Crippen LogP contribution in [0.1, 0.15) is 13.8 Å². The molecule has 0 aliphatic rings. The fraction of sp³-hybridized carbons (Fsp3) is 0.208. The Balaban J connectivity index is 1.87. The molecule has 0 bridgehead atoms. The number of ether oxygens (including phenoxy) is 2. The Morgan fingerprint density at radius 2 is 1.47 bits per heavy atom. The number of hydrogen-bond donors (Lipinski definition) is 1. The number of anilines is 1. The Hall–Kier alpha value is -3.36. The van der Waals surface area contributed by atoms with E-state index in [-0.39, 0.29) is 17.2 Å². The maximum absolute atomic E-state index is 13.0. The van der Waals surface area contributed by atoms with Crippen LogP contribution >= 0.6 is 0 Å². The minimum absolute atomic E-state index is 0.0703. The lowest BCUT2D eigenvalue weighted by Gasteiger charge is -2.20. The molecule has 0 spiro atoms. The summed E-state index contributed by atoms with van der Waals surface area (Å²) in [5.41, 5.74) is 0.240. The molecule has 3 aromatic rings. The van der Waals surface area contributed by atoms with Crippen molar-refractivity contribution < 1.29 is 22.7 Å². The zero-order valence-corrected chi connectivity index (χ0v) is 18.8. The minimum atomic E-state index is -3.71. The summed E-state index contributed by atoms with van der Waals surface area (Å²) in [6.07, 6.45) is 0. The Morgan fingerprint density at radius 3 is 2.06 bits per heavy atom. The summed E-state index contributed by atoms with van der Waals surface area (Å²) in [6.45, 7) is 4.00. The summed E-state index contributed by atoms with van der Waals surface area (Å²) in [5, 5.41) is 2.72. The molecule has 168 valence electrons. The quantitative estimate of drug-likeness (QED) is 0.487. The van der Waals surface area contributed by atoms with E-state index in [0.717, 1.165) is 0 Å². The number of carbonyl (C=O) groups is 1. The number of carbonyl (C=O) groups excluding carboxylic acids is 1. The van der Waals surface area contributed by atoms with Gasteiger partial charge >= 0.3 is 0 Å². The molecule has 0 aliphatic heterocycles. The second-order valence-electron chi connectivity index (χ2n) is 6.81. The summed E-state index contributed by atoms with van der Waals surface area (Å²) in [6, 6.07) is 22.4. The predicted molar refractivity (Wildman–Crippen MR) is 124 cm³/mol. The van der Waals surface area contributed by atoms with Crippen LogP contribution in [0.5, 0.6) is 17.2 Å². The first kappa shape index (κ1) is 23.3. The molecule has 0 saturated heterocycles. The zero-order valence-electron chi connectivity index (χ0n) is 18.0. The highest BCUT2D eigenvalue weighted by atomic mass is 32.2. The van der Waals surface area contributed by atoms with Gasteiger partial charge in [0.15, 0.2) is 12.4 Å². The van der Waals surface area contributed by atoms with Crippen molar-refractivity contribution in [2.75, 3.05) is 25.0 Å². The molecule has 0 saturated carbocycles. The van der Waals surface area contributed by atoms with Crippen molar-refractivity contribution in [2.45, 2.75) is 18.7 Å². The fourth-order valence-electron chi connectivity index (χ4n) is 3.04. The predicted octanol–water partition coefficient (Wildman–Crippen LogP) is 4.53. The van der Waals surface area contributed by atoms with Crippen molar-refractivity contribution in [1.29, 1.82) is 0 Å². The molecule has 0 fully saturated rings.